The number of benzene rings is 2. The quantitative estimate of drug-likeness (QED) is 0.486. The summed E-state index contributed by atoms with van der Waals surface area (Å²) in [6, 6.07) is 13.6. The molecular formula is C30H38F2N4O2. The molecule has 204 valence electrons. The molecule has 1 N–H and O–H groups in total. The van der Waals surface area contributed by atoms with Gasteiger partial charge >= 0.3 is 6.03 Å². The van der Waals surface area contributed by atoms with Crippen LogP contribution in [0.15, 0.2) is 53.5 Å². The van der Waals surface area contributed by atoms with Crippen molar-refractivity contribution in [1.29, 1.82) is 0 Å². The predicted octanol–water partition coefficient (Wildman–Crippen LogP) is 6.25. The number of alkyl halides is 1. The lowest BCUT2D eigenvalue weighted by atomic mass is 9.80. The molecule has 0 unspecified atom stereocenters. The summed E-state index contributed by atoms with van der Waals surface area (Å²) in [6.07, 6.45) is 3.39. The van der Waals surface area contributed by atoms with Crippen LogP contribution in [0.25, 0.3) is 0 Å². The lowest BCUT2D eigenvalue weighted by Crippen LogP contribution is -2.64. The van der Waals surface area contributed by atoms with Crippen LogP contribution in [0.2, 0.25) is 0 Å². The van der Waals surface area contributed by atoms with Crippen molar-refractivity contribution in [3.05, 3.63) is 59.9 Å². The van der Waals surface area contributed by atoms with Crippen molar-refractivity contribution in [2.24, 2.45) is 4.99 Å². The number of ether oxygens (including phenoxy) is 1. The van der Waals surface area contributed by atoms with E-state index in [1.54, 1.807) is 17.0 Å². The first-order valence-electron chi connectivity index (χ1n) is 13.8. The van der Waals surface area contributed by atoms with Gasteiger partial charge in [0.25, 0.3) is 0 Å². The molecule has 1 aliphatic carbocycles. The Bertz CT molecular complexity index is 1190. The molecule has 1 saturated heterocycles. The lowest BCUT2D eigenvalue weighted by Gasteiger charge is -2.48. The van der Waals surface area contributed by atoms with Gasteiger partial charge in [-0.05, 0) is 82.3 Å². The number of urea groups is 1. The zero-order chi connectivity index (χ0) is 26.9. The average Bonchev–Trinajstić information content (AvgIpc) is 3.12. The van der Waals surface area contributed by atoms with Gasteiger partial charge in [-0.25, -0.2) is 13.6 Å². The maximum Gasteiger partial charge on any atom is 0.350 e. The van der Waals surface area contributed by atoms with Gasteiger partial charge < -0.3 is 10.1 Å². The van der Waals surface area contributed by atoms with Crippen LogP contribution in [0.4, 0.5) is 19.3 Å². The van der Waals surface area contributed by atoms with E-state index in [1.165, 1.54) is 12.1 Å². The highest BCUT2D eigenvalue weighted by molar-refractivity contribution is 6.16. The zero-order valence-electron chi connectivity index (χ0n) is 22.5. The van der Waals surface area contributed by atoms with Crippen molar-refractivity contribution in [3.63, 3.8) is 0 Å². The summed E-state index contributed by atoms with van der Waals surface area (Å²) in [6.45, 7) is 7.63. The van der Waals surface area contributed by atoms with E-state index in [1.807, 2.05) is 26.0 Å². The highest BCUT2D eigenvalue weighted by Crippen LogP contribution is 2.41. The minimum absolute atomic E-state index is 0.0971. The molecule has 4 atom stereocenters. The third-order valence-electron chi connectivity index (χ3n) is 8.06. The number of carbonyl (C=O) groups excluding carboxylic acids is 1. The van der Waals surface area contributed by atoms with Crippen LogP contribution in [0, 0.1) is 5.82 Å². The number of aliphatic imine (C=N–C) groups is 1. The van der Waals surface area contributed by atoms with E-state index in [9.17, 15) is 13.6 Å². The first kappa shape index (κ1) is 26.6. The number of hydrogen-bond acceptors (Lipinski definition) is 4. The summed E-state index contributed by atoms with van der Waals surface area (Å²) >= 11 is 0. The highest BCUT2D eigenvalue weighted by atomic mass is 19.1. The Balaban J connectivity index is 1.41. The summed E-state index contributed by atoms with van der Waals surface area (Å²) in [5, 5.41) is 3.37. The molecule has 38 heavy (non-hydrogen) atoms. The van der Waals surface area contributed by atoms with Crippen LogP contribution in [0.3, 0.4) is 0 Å². The molecule has 3 aliphatic rings. The Morgan fingerprint density at radius 3 is 2.68 bits per heavy atom. The number of amides is 2. The molecule has 8 heteroatoms. The Labute approximate surface area is 224 Å². The van der Waals surface area contributed by atoms with Crippen LogP contribution < -0.4 is 15.0 Å². The molecule has 2 amide bonds. The standard InChI is InChI=1S/C30H38F2N4O2/c1-20(2)38-25-11-6-8-22(16-25)19-35-15-14-30(18-21(35)3)28(33-27-13-5-4-12-26(27)32)34-29(37)36(30)24-10-7-9-23(31)17-24/h6-11,16-17,20-21,26-27H,4-5,12-15,18-19H2,1-3H3,(H,33,34,37)/t21-,26+,27-,30+/m0/s1. The molecule has 0 aromatic heterocycles. The minimum atomic E-state index is -0.973. The Hall–Kier alpha value is -3.00. The van der Waals surface area contributed by atoms with Gasteiger partial charge in [0, 0.05) is 24.8 Å². The molecule has 1 saturated carbocycles. The number of carbonyl (C=O) groups is 1. The zero-order valence-corrected chi connectivity index (χ0v) is 22.5. The first-order chi connectivity index (χ1) is 18.2. The monoisotopic (exact) mass is 524 g/mol. The lowest BCUT2D eigenvalue weighted by molar-refractivity contribution is 0.120. The second kappa shape index (κ2) is 11.0. The van der Waals surface area contributed by atoms with Gasteiger partial charge in [0.1, 0.15) is 29.1 Å². The van der Waals surface area contributed by atoms with E-state index in [0.717, 1.165) is 30.7 Å². The molecule has 0 radical (unpaired) electrons. The van der Waals surface area contributed by atoms with E-state index >= 15 is 0 Å². The van der Waals surface area contributed by atoms with E-state index in [4.69, 9.17) is 4.74 Å². The molecule has 5 rings (SSSR count). The number of nitrogens with one attached hydrogen (secondary N) is 1. The van der Waals surface area contributed by atoms with Gasteiger partial charge in [-0.2, -0.15) is 4.99 Å². The maximum atomic E-state index is 14.8. The van der Waals surface area contributed by atoms with Crippen molar-refractivity contribution in [3.8, 4) is 5.75 Å². The molecule has 2 aromatic carbocycles. The first-order valence-corrected chi connectivity index (χ1v) is 13.8. The maximum absolute atomic E-state index is 14.8. The normalized spacial score (nSPS) is 28.2. The summed E-state index contributed by atoms with van der Waals surface area (Å²) < 4.78 is 35.0. The van der Waals surface area contributed by atoms with E-state index in [2.05, 4.69) is 34.3 Å². The molecule has 2 fully saturated rings. The summed E-state index contributed by atoms with van der Waals surface area (Å²) in [4.78, 5) is 21.8. The fourth-order valence-corrected chi connectivity index (χ4v) is 6.25. The average molecular weight is 525 g/mol. The van der Waals surface area contributed by atoms with Crippen LogP contribution in [-0.2, 0) is 6.54 Å². The Kier molecular flexibility index (Phi) is 7.70. The number of rotatable bonds is 6. The van der Waals surface area contributed by atoms with Gasteiger partial charge in [-0.1, -0.05) is 31.0 Å². The van der Waals surface area contributed by atoms with E-state index < -0.39 is 23.6 Å². The topological polar surface area (TPSA) is 57.2 Å². The number of hydrogen-bond donors (Lipinski definition) is 1. The summed E-state index contributed by atoms with van der Waals surface area (Å²) in [7, 11) is 0. The number of nitrogens with zero attached hydrogens (tertiary/aromatic N) is 3. The fourth-order valence-electron chi connectivity index (χ4n) is 6.25. The molecule has 1 spiro atoms. The molecule has 0 bridgehead atoms. The molecular weight excluding hydrogens is 486 g/mol. The fraction of sp³-hybridized carbons (Fsp3) is 0.533. The van der Waals surface area contributed by atoms with Crippen molar-refractivity contribution >= 4 is 17.6 Å². The van der Waals surface area contributed by atoms with Gasteiger partial charge in [-0.15, -0.1) is 0 Å². The molecule has 2 aliphatic heterocycles. The Morgan fingerprint density at radius 1 is 1.16 bits per heavy atom. The Morgan fingerprint density at radius 2 is 1.95 bits per heavy atom. The molecule has 2 aromatic rings. The highest BCUT2D eigenvalue weighted by Gasteiger charge is 2.54. The van der Waals surface area contributed by atoms with E-state index in [0.29, 0.717) is 43.8 Å². The van der Waals surface area contributed by atoms with Crippen molar-refractivity contribution in [2.45, 2.75) is 95.7 Å². The smallest absolute Gasteiger partial charge is 0.350 e. The van der Waals surface area contributed by atoms with Gasteiger partial charge in [0.2, 0.25) is 0 Å². The van der Waals surface area contributed by atoms with Crippen LogP contribution in [-0.4, -0.2) is 53.2 Å². The largest absolute Gasteiger partial charge is 0.491 e. The van der Waals surface area contributed by atoms with Gasteiger partial charge in [-0.3, -0.25) is 9.80 Å². The second-order valence-electron chi connectivity index (χ2n) is 11.2. The van der Waals surface area contributed by atoms with Crippen molar-refractivity contribution < 1.29 is 18.3 Å². The molecule has 2 heterocycles. The second-order valence-corrected chi connectivity index (χ2v) is 11.2. The van der Waals surface area contributed by atoms with Gasteiger partial charge in [0.15, 0.2) is 0 Å². The number of anilines is 1. The van der Waals surface area contributed by atoms with Crippen molar-refractivity contribution in [2.75, 3.05) is 11.4 Å². The number of likely N-dealkylation sites (tertiary alicyclic amines) is 1. The van der Waals surface area contributed by atoms with Crippen LogP contribution in [0.5, 0.6) is 5.75 Å². The van der Waals surface area contributed by atoms with Crippen LogP contribution in [0.1, 0.15) is 64.9 Å². The van der Waals surface area contributed by atoms with Gasteiger partial charge in [0.05, 0.1) is 12.1 Å². The van der Waals surface area contributed by atoms with Crippen LogP contribution >= 0.6 is 0 Å². The van der Waals surface area contributed by atoms with Crippen molar-refractivity contribution in [1.82, 2.24) is 10.2 Å². The third kappa shape index (κ3) is 5.41. The predicted molar refractivity (Wildman–Crippen MR) is 146 cm³/mol. The molecule has 6 nitrogen and oxygen atoms in total. The third-order valence-corrected chi connectivity index (χ3v) is 8.06. The number of amidine groups is 1. The number of halogens is 2. The minimum Gasteiger partial charge on any atom is -0.491 e. The van der Waals surface area contributed by atoms with E-state index in [-0.39, 0.29) is 18.2 Å². The summed E-state index contributed by atoms with van der Waals surface area (Å²) in [5.41, 5.74) is 0.862. The number of piperidine rings is 1. The SMILES string of the molecule is CC(C)Oc1cccc(CN2CC[C@@]3(C[C@@H]2C)C(N[C@H]2CCCC[C@H]2F)=NC(=O)N3c2cccc(F)c2)c1. The summed E-state index contributed by atoms with van der Waals surface area (Å²) in [5.74, 6) is 0.973.